The summed E-state index contributed by atoms with van der Waals surface area (Å²) in [7, 11) is 0. The van der Waals surface area contributed by atoms with E-state index in [1.165, 1.54) is 11.8 Å². The number of aromatic nitrogens is 1. The zero-order chi connectivity index (χ0) is 17.4. The van der Waals surface area contributed by atoms with E-state index in [1.807, 2.05) is 48.5 Å². The fraction of sp³-hybridized carbons (Fsp3) is 0.0952. The fourth-order valence-electron chi connectivity index (χ4n) is 3.15. The minimum Gasteiger partial charge on any atom is -0.320 e. The van der Waals surface area contributed by atoms with Gasteiger partial charge in [-0.15, -0.1) is 0 Å². The number of carbonyl (C=O) groups is 1. The summed E-state index contributed by atoms with van der Waals surface area (Å²) in [4.78, 5) is 14.2. The van der Waals surface area contributed by atoms with Crippen LogP contribution in [-0.2, 0) is 4.79 Å². The number of hydrogen-bond acceptors (Lipinski definition) is 2. The third kappa shape index (κ3) is 2.89. The van der Waals surface area contributed by atoms with Crippen molar-refractivity contribution in [1.29, 1.82) is 0 Å². The van der Waals surface area contributed by atoms with E-state index in [4.69, 9.17) is 0 Å². The van der Waals surface area contributed by atoms with Crippen molar-refractivity contribution in [3.63, 3.8) is 0 Å². The number of fused-ring (bicyclic) bond motifs is 1. The number of para-hydroxylation sites is 2. The van der Waals surface area contributed by atoms with E-state index in [9.17, 15) is 4.79 Å². The molecule has 1 N–H and O–H groups in total. The van der Waals surface area contributed by atoms with Crippen molar-refractivity contribution in [1.82, 2.24) is 4.57 Å². The molecule has 1 aliphatic heterocycles. The number of carbonyl (C=O) groups excluding carboxylic acids is 1. The monoisotopic (exact) mass is 346 g/mol. The maximum absolute atomic E-state index is 12.4. The van der Waals surface area contributed by atoms with Crippen LogP contribution in [0, 0.1) is 13.8 Å². The van der Waals surface area contributed by atoms with Gasteiger partial charge in [0.15, 0.2) is 0 Å². The molecule has 25 heavy (non-hydrogen) atoms. The molecule has 2 heterocycles. The number of thioether (sulfide) groups is 1. The molecule has 2 aromatic carbocycles. The number of nitrogens with zero attached hydrogens (tertiary/aromatic N) is 1. The molecule has 4 rings (SSSR count). The van der Waals surface area contributed by atoms with Crippen LogP contribution in [-0.4, -0.2) is 10.5 Å². The van der Waals surface area contributed by atoms with Gasteiger partial charge in [0, 0.05) is 22.0 Å². The lowest BCUT2D eigenvalue weighted by atomic mass is 10.2. The molecule has 3 nitrogen and oxygen atoms in total. The Bertz CT molecular complexity index is 986. The average Bonchev–Trinajstić information content (AvgIpc) is 2.90. The van der Waals surface area contributed by atoms with Crippen LogP contribution in [0.5, 0.6) is 0 Å². The van der Waals surface area contributed by atoms with Crippen molar-refractivity contribution in [3.8, 4) is 5.69 Å². The number of hydrogen-bond donors (Lipinski definition) is 1. The van der Waals surface area contributed by atoms with Crippen LogP contribution in [0.3, 0.4) is 0 Å². The van der Waals surface area contributed by atoms with Gasteiger partial charge in [0.25, 0.3) is 5.91 Å². The summed E-state index contributed by atoms with van der Waals surface area (Å²) in [6, 6.07) is 20.3. The molecule has 124 valence electrons. The quantitative estimate of drug-likeness (QED) is 0.649. The first kappa shape index (κ1) is 15.8. The summed E-state index contributed by atoms with van der Waals surface area (Å²) in [6.07, 6.45) is 1.98. The van der Waals surface area contributed by atoms with Crippen LogP contribution in [0.2, 0.25) is 0 Å². The number of amides is 1. The van der Waals surface area contributed by atoms with Crippen molar-refractivity contribution in [2.24, 2.45) is 0 Å². The number of rotatable bonds is 2. The summed E-state index contributed by atoms with van der Waals surface area (Å²) < 4.78 is 2.21. The fourth-order valence-corrected chi connectivity index (χ4v) is 4.09. The zero-order valence-corrected chi connectivity index (χ0v) is 14.9. The second-order valence-corrected chi connectivity index (χ2v) is 7.14. The van der Waals surface area contributed by atoms with E-state index >= 15 is 0 Å². The molecule has 0 unspecified atom stereocenters. The van der Waals surface area contributed by atoms with Gasteiger partial charge in [-0.1, -0.05) is 42.1 Å². The van der Waals surface area contributed by atoms with Gasteiger partial charge in [0.1, 0.15) is 0 Å². The van der Waals surface area contributed by atoms with E-state index in [1.54, 1.807) is 0 Å². The van der Waals surface area contributed by atoms with E-state index in [0.717, 1.165) is 33.2 Å². The predicted octanol–water partition coefficient (Wildman–Crippen LogP) is 5.18. The van der Waals surface area contributed by atoms with Gasteiger partial charge in [-0.3, -0.25) is 4.79 Å². The van der Waals surface area contributed by atoms with E-state index in [2.05, 4.69) is 41.9 Å². The second-order valence-electron chi connectivity index (χ2n) is 6.06. The van der Waals surface area contributed by atoms with Gasteiger partial charge in [-0.05, 0) is 55.8 Å². The largest absolute Gasteiger partial charge is 0.320 e. The minimum atomic E-state index is -0.0479. The maximum Gasteiger partial charge on any atom is 0.262 e. The standard InChI is InChI=1S/C21H18N2OS/c1-14-12-16(15(2)23(14)17-8-4-3-5-9-17)13-20-21(24)22-18-10-6-7-11-19(18)25-20/h3-13H,1-2H3,(H,22,24)/b20-13-. The topological polar surface area (TPSA) is 34.0 Å². The Hall–Kier alpha value is -2.72. The Balaban J connectivity index is 1.74. The highest BCUT2D eigenvalue weighted by atomic mass is 32.2. The lowest BCUT2D eigenvalue weighted by molar-refractivity contribution is -0.112. The SMILES string of the molecule is Cc1cc(/C=C2\Sc3ccccc3NC2=O)c(C)n1-c1ccccc1. The molecule has 0 atom stereocenters. The van der Waals surface area contributed by atoms with Crippen LogP contribution < -0.4 is 5.32 Å². The Labute approximate surface area is 151 Å². The van der Waals surface area contributed by atoms with Crippen LogP contribution in [0.4, 0.5) is 5.69 Å². The lowest BCUT2D eigenvalue weighted by Crippen LogP contribution is -2.17. The molecule has 3 aromatic rings. The van der Waals surface area contributed by atoms with Gasteiger partial charge in [-0.25, -0.2) is 0 Å². The van der Waals surface area contributed by atoms with Crippen LogP contribution in [0.25, 0.3) is 11.8 Å². The van der Waals surface area contributed by atoms with Crippen molar-refractivity contribution >= 4 is 29.4 Å². The van der Waals surface area contributed by atoms with E-state index < -0.39 is 0 Å². The first-order chi connectivity index (χ1) is 12.1. The molecule has 0 fully saturated rings. The van der Waals surface area contributed by atoms with Gasteiger partial charge in [0.2, 0.25) is 0 Å². The van der Waals surface area contributed by atoms with Gasteiger partial charge in [-0.2, -0.15) is 0 Å². The highest BCUT2D eigenvalue weighted by Crippen LogP contribution is 2.39. The summed E-state index contributed by atoms with van der Waals surface area (Å²) in [5.74, 6) is -0.0479. The van der Waals surface area contributed by atoms with Crippen LogP contribution in [0.15, 0.2) is 70.5 Å². The summed E-state index contributed by atoms with van der Waals surface area (Å²) in [5, 5.41) is 2.97. The molecule has 0 radical (unpaired) electrons. The lowest BCUT2D eigenvalue weighted by Gasteiger charge is -2.18. The minimum absolute atomic E-state index is 0.0479. The zero-order valence-electron chi connectivity index (χ0n) is 14.1. The summed E-state index contributed by atoms with van der Waals surface area (Å²) in [6.45, 7) is 4.18. The van der Waals surface area contributed by atoms with Crippen molar-refractivity contribution < 1.29 is 4.79 Å². The third-order valence-corrected chi connectivity index (χ3v) is 5.45. The maximum atomic E-state index is 12.4. The number of nitrogens with one attached hydrogen (secondary N) is 1. The second kappa shape index (κ2) is 6.30. The first-order valence-electron chi connectivity index (χ1n) is 8.18. The number of benzene rings is 2. The van der Waals surface area contributed by atoms with Crippen LogP contribution >= 0.6 is 11.8 Å². The Kier molecular flexibility index (Phi) is 3.98. The molecule has 0 saturated heterocycles. The van der Waals surface area contributed by atoms with Crippen molar-refractivity contribution in [2.75, 3.05) is 5.32 Å². The molecular formula is C21H18N2OS. The smallest absolute Gasteiger partial charge is 0.262 e. The molecule has 1 amide bonds. The summed E-state index contributed by atoms with van der Waals surface area (Å²) in [5.41, 5.74) is 5.36. The van der Waals surface area contributed by atoms with Gasteiger partial charge >= 0.3 is 0 Å². The van der Waals surface area contributed by atoms with Crippen molar-refractivity contribution in [2.45, 2.75) is 18.7 Å². The van der Waals surface area contributed by atoms with Crippen LogP contribution in [0.1, 0.15) is 17.0 Å². The van der Waals surface area contributed by atoms with E-state index in [-0.39, 0.29) is 5.91 Å². The Morgan fingerprint density at radius 1 is 1.00 bits per heavy atom. The summed E-state index contributed by atoms with van der Waals surface area (Å²) >= 11 is 1.52. The molecular weight excluding hydrogens is 328 g/mol. The molecule has 0 saturated carbocycles. The van der Waals surface area contributed by atoms with Crippen molar-refractivity contribution in [3.05, 3.63) is 82.5 Å². The molecule has 4 heteroatoms. The highest BCUT2D eigenvalue weighted by Gasteiger charge is 2.21. The number of anilines is 1. The molecule has 1 aromatic heterocycles. The normalized spacial score (nSPS) is 15.1. The first-order valence-corrected chi connectivity index (χ1v) is 8.99. The third-order valence-electron chi connectivity index (χ3n) is 4.35. The average molecular weight is 346 g/mol. The molecule has 0 aliphatic carbocycles. The molecule has 1 aliphatic rings. The molecule has 0 bridgehead atoms. The number of aryl methyl sites for hydroxylation is 1. The Morgan fingerprint density at radius 2 is 1.72 bits per heavy atom. The Morgan fingerprint density at radius 3 is 2.52 bits per heavy atom. The van der Waals surface area contributed by atoms with Gasteiger partial charge < -0.3 is 9.88 Å². The van der Waals surface area contributed by atoms with Gasteiger partial charge in [0.05, 0.1) is 10.6 Å². The highest BCUT2D eigenvalue weighted by molar-refractivity contribution is 8.04. The molecule has 0 spiro atoms. The van der Waals surface area contributed by atoms with E-state index in [0.29, 0.717) is 4.91 Å². The predicted molar refractivity (Wildman–Crippen MR) is 104 cm³/mol.